The lowest BCUT2D eigenvalue weighted by molar-refractivity contribution is 0.238. The van der Waals surface area contributed by atoms with Crippen molar-refractivity contribution in [3.63, 3.8) is 0 Å². The first-order valence-corrected chi connectivity index (χ1v) is 8.00. The third kappa shape index (κ3) is 3.58. The third-order valence-electron chi connectivity index (χ3n) is 3.21. The number of rotatable bonds is 6. The highest BCUT2D eigenvalue weighted by Crippen LogP contribution is 2.30. The molecule has 0 fully saturated rings. The van der Waals surface area contributed by atoms with Crippen molar-refractivity contribution in [1.29, 1.82) is 0 Å². The number of nitrogens with zero attached hydrogens (tertiary/aromatic N) is 2. The van der Waals surface area contributed by atoms with Gasteiger partial charge in [-0.25, -0.2) is 4.98 Å². The molecule has 0 saturated heterocycles. The normalized spacial score (nSPS) is 12.7. The van der Waals surface area contributed by atoms with Crippen LogP contribution >= 0.6 is 27.3 Å². The van der Waals surface area contributed by atoms with Gasteiger partial charge in [0, 0.05) is 29.0 Å². The van der Waals surface area contributed by atoms with Gasteiger partial charge in [-0.2, -0.15) is 0 Å². The van der Waals surface area contributed by atoms with Crippen molar-refractivity contribution in [3.8, 4) is 5.75 Å². The Kier molecular flexibility index (Phi) is 5.54. The lowest BCUT2D eigenvalue weighted by Crippen LogP contribution is -2.30. The van der Waals surface area contributed by atoms with Crippen molar-refractivity contribution < 1.29 is 4.74 Å². The van der Waals surface area contributed by atoms with Gasteiger partial charge in [-0.15, -0.1) is 11.3 Å². The molecule has 0 aliphatic rings. The van der Waals surface area contributed by atoms with Crippen molar-refractivity contribution in [2.75, 3.05) is 20.7 Å². The highest BCUT2D eigenvalue weighted by atomic mass is 79.9. The molecule has 0 saturated carbocycles. The van der Waals surface area contributed by atoms with Gasteiger partial charge in [0.05, 0.1) is 18.3 Å². The second-order valence-electron chi connectivity index (χ2n) is 4.53. The molecule has 108 valence electrons. The van der Waals surface area contributed by atoms with Crippen LogP contribution in [0.5, 0.6) is 5.75 Å². The predicted octanol–water partition coefficient (Wildman–Crippen LogP) is 3.05. The quantitative estimate of drug-likeness (QED) is 0.864. The minimum Gasteiger partial charge on any atom is -0.497 e. The Bertz CT molecular complexity index is 547. The van der Waals surface area contributed by atoms with E-state index in [-0.39, 0.29) is 6.04 Å². The van der Waals surface area contributed by atoms with Crippen molar-refractivity contribution in [2.24, 2.45) is 5.73 Å². The fraction of sp³-hybridized carbons (Fsp3) is 0.357. The van der Waals surface area contributed by atoms with Crippen molar-refractivity contribution in [1.82, 2.24) is 9.88 Å². The summed E-state index contributed by atoms with van der Waals surface area (Å²) in [5, 5.41) is 2.06. The van der Waals surface area contributed by atoms with Crippen LogP contribution in [0.3, 0.4) is 0 Å². The van der Waals surface area contributed by atoms with E-state index < -0.39 is 0 Å². The summed E-state index contributed by atoms with van der Waals surface area (Å²) >= 11 is 5.20. The molecule has 2 aromatic rings. The second-order valence-corrected chi connectivity index (χ2v) is 6.11. The molecule has 0 aliphatic heterocycles. The molecule has 0 bridgehead atoms. The van der Waals surface area contributed by atoms with E-state index in [0.717, 1.165) is 28.0 Å². The van der Waals surface area contributed by atoms with E-state index >= 15 is 0 Å². The van der Waals surface area contributed by atoms with Gasteiger partial charge >= 0.3 is 0 Å². The lowest BCUT2D eigenvalue weighted by Gasteiger charge is -2.27. The van der Waals surface area contributed by atoms with Crippen LogP contribution in [0.1, 0.15) is 17.3 Å². The first-order valence-electron chi connectivity index (χ1n) is 6.26. The molecule has 1 unspecified atom stereocenters. The number of benzene rings is 1. The number of likely N-dealkylation sites (N-methyl/N-ethyl adjacent to an activating group) is 1. The van der Waals surface area contributed by atoms with Gasteiger partial charge in [0.1, 0.15) is 5.75 Å². The topological polar surface area (TPSA) is 51.4 Å². The Balaban J connectivity index is 2.22. The number of nitrogens with two attached hydrogens (primary N) is 1. The predicted molar refractivity (Wildman–Crippen MR) is 86.1 cm³/mol. The zero-order chi connectivity index (χ0) is 14.5. The fourth-order valence-corrected chi connectivity index (χ4v) is 3.19. The first kappa shape index (κ1) is 15.4. The summed E-state index contributed by atoms with van der Waals surface area (Å²) < 4.78 is 6.34. The molecule has 6 heteroatoms. The van der Waals surface area contributed by atoms with Crippen LogP contribution in [0.25, 0.3) is 0 Å². The maximum absolute atomic E-state index is 5.97. The number of halogens is 1. The van der Waals surface area contributed by atoms with E-state index in [1.165, 1.54) is 0 Å². The Morgan fingerprint density at radius 1 is 1.50 bits per heavy atom. The molecule has 1 atom stereocenters. The van der Waals surface area contributed by atoms with Gasteiger partial charge in [0.15, 0.2) is 0 Å². The highest BCUT2D eigenvalue weighted by Gasteiger charge is 2.19. The van der Waals surface area contributed by atoms with Crippen LogP contribution in [0.2, 0.25) is 0 Å². The van der Waals surface area contributed by atoms with E-state index in [0.29, 0.717) is 6.54 Å². The molecular weight excluding hydrogens is 338 g/mol. The van der Waals surface area contributed by atoms with Gasteiger partial charge in [0.2, 0.25) is 0 Å². The molecule has 20 heavy (non-hydrogen) atoms. The van der Waals surface area contributed by atoms with E-state index in [2.05, 4.69) is 38.2 Å². The summed E-state index contributed by atoms with van der Waals surface area (Å²) in [6.45, 7) is 1.31. The van der Waals surface area contributed by atoms with E-state index in [1.54, 1.807) is 18.4 Å². The fourth-order valence-electron chi connectivity index (χ4n) is 2.13. The summed E-state index contributed by atoms with van der Waals surface area (Å²) in [4.78, 5) is 6.53. The molecule has 4 nitrogen and oxygen atoms in total. The standard InChI is InChI=1S/C14H18BrN3OS/c1-18(7-10-8-20-9-17-10)14(6-16)12-5-11(19-2)3-4-13(12)15/h3-5,8-9,14H,6-7,16H2,1-2H3. The summed E-state index contributed by atoms with van der Waals surface area (Å²) in [7, 11) is 3.73. The molecule has 0 aliphatic carbocycles. The number of thiazole rings is 1. The molecule has 0 spiro atoms. The second kappa shape index (κ2) is 7.17. The van der Waals surface area contributed by atoms with E-state index in [9.17, 15) is 0 Å². The molecule has 2 rings (SSSR count). The number of hydrogen-bond donors (Lipinski definition) is 1. The van der Waals surface area contributed by atoms with Crippen LogP contribution in [0, 0.1) is 0 Å². The smallest absolute Gasteiger partial charge is 0.119 e. The molecule has 2 N–H and O–H groups in total. The minimum absolute atomic E-state index is 0.112. The summed E-state index contributed by atoms with van der Waals surface area (Å²) in [6, 6.07) is 6.06. The average Bonchev–Trinajstić information content (AvgIpc) is 2.94. The molecule has 1 aromatic carbocycles. The van der Waals surface area contributed by atoms with Crippen molar-refractivity contribution >= 4 is 27.3 Å². The van der Waals surface area contributed by atoms with Gasteiger partial charge in [0.25, 0.3) is 0 Å². The van der Waals surface area contributed by atoms with E-state index in [1.807, 2.05) is 23.7 Å². The summed E-state index contributed by atoms with van der Waals surface area (Å²) in [5.74, 6) is 0.837. The molecule has 1 heterocycles. The van der Waals surface area contributed by atoms with Crippen LogP contribution in [-0.4, -0.2) is 30.6 Å². The maximum atomic E-state index is 5.97. The Morgan fingerprint density at radius 2 is 2.30 bits per heavy atom. The number of hydrogen-bond acceptors (Lipinski definition) is 5. The monoisotopic (exact) mass is 355 g/mol. The number of methoxy groups -OCH3 is 1. The molecular formula is C14H18BrN3OS. The highest BCUT2D eigenvalue weighted by molar-refractivity contribution is 9.10. The summed E-state index contributed by atoms with van der Waals surface area (Å²) in [5.41, 5.74) is 10.0. The van der Waals surface area contributed by atoms with Crippen molar-refractivity contribution in [2.45, 2.75) is 12.6 Å². The Morgan fingerprint density at radius 3 is 2.90 bits per heavy atom. The van der Waals surface area contributed by atoms with Gasteiger partial charge in [-0.05, 0) is 30.8 Å². The molecule has 0 amide bonds. The number of aromatic nitrogens is 1. The van der Waals surface area contributed by atoms with Gasteiger partial charge in [-0.3, -0.25) is 4.90 Å². The van der Waals surface area contributed by atoms with Crippen LogP contribution in [0.4, 0.5) is 0 Å². The van der Waals surface area contributed by atoms with Crippen molar-refractivity contribution in [3.05, 3.63) is 44.8 Å². The SMILES string of the molecule is COc1ccc(Br)c(C(CN)N(C)Cc2cscn2)c1. The van der Waals surface area contributed by atoms with E-state index in [4.69, 9.17) is 10.5 Å². The maximum Gasteiger partial charge on any atom is 0.119 e. The Hall–Kier alpha value is -0.950. The Labute approximate surface area is 131 Å². The minimum atomic E-state index is 0.112. The van der Waals surface area contributed by atoms with Crippen LogP contribution in [-0.2, 0) is 6.54 Å². The molecule has 1 aromatic heterocycles. The lowest BCUT2D eigenvalue weighted by atomic mass is 10.1. The largest absolute Gasteiger partial charge is 0.497 e. The third-order valence-corrected chi connectivity index (χ3v) is 4.57. The number of ether oxygens (including phenoxy) is 1. The zero-order valence-electron chi connectivity index (χ0n) is 11.5. The summed E-state index contributed by atoms with van der Waals surface area (Å²) in [6.07, 6.45) is 0. The van der Waals surface area contributed by atoms with Crippen LogP contribution < -0.4 is 10.5 Å². The van der Waals surface area contributed by atoms with Crippen LogP contribution in [0.15, 0.2) is 33.6 Å². The average molecular weight is 356 g/mol. The van der Waals surface area contributed by atoms with Gasteiger partial charge < -0.3 is 10.5 Å². The van der Waals surface area contributed by atoms with Gasteiger partial charge in [-0.1, -0.05) is 15.9 Å². The molecule has 0 radical (unpaired) electrons. The zero-order valence-corrected chi connectivity index (χ0v) is 13.9. The first-order chi connectivity index (χ1) is 9.65.